The lowest BCUT2D eigenvalue weighted by Gasteiger charge is -2.15. The van der Waals surface area contributed by atoms with E-state index in [2.05, 4.69) is 16.0 Å². The minimum Gasteiger partial charge on any atom is -0.494 e. The van der Waals surface area contributed by atoms with Gasteiger partial charge in [0.25, 0.3) is 5.91 Å². The van der Waals surface area contributed by atoms with Crippen LogP contribution in [0.1, 0.15) is 24.2 Å². The van der Waals surface area contributed by atoms with E-state index in [9.17, 15) is 9.59 Å². The van der Waals surface area contributed by atoms with Crippen molar-refractivity contribution in [1.82, 2.24) is 5.32 Å². The van der Waals surface area contributed by atoms with E-state index in [0.717, 1.165) is 10.8 Å². The summed E-state index contributed by atoms with van der Waals surface area (Å²) in [4.78, 5) is 24.5. The highest BCUT2D eigenvalue weighted by molar-refractivity contribution is 7.80. The number of ether oxygens (including phenoxy) is 1. The van der Waals surface area contributed by atoms with Crippen LogP contribution in [0.25, 0.3) is 10.8 Å². The molecule has 0 aromatic heterocycles. The number of rotatable bonds is 5. The molecule has 0 aliphatic heterocycles. The molecule has 0 aliphatic carbocycles. The minimum absolute atomic E-state index is 0.104. The molecule has 0 unspecified atom stereocenters. The summed E-state index contributed by atoms with van der Waals surface area (Å²) < 4.78 is 5.35. The van der Waals surface area contributed by atoms with E-state index in [1.807, 2.05) is 50.2 Å². The lowest BCUT2D eigenvalue weighted by atomic mass is 10.1. The minimum atomic E-state index is -0.300. The Labute approximate surface area is 180 Å². The number of anilines is 2. The highest BCUT2D eigenvalue weighted by Gasteiger charge is 2.13. The van der Waals surface area contributed by atoms with Gasteiger partial charge in [0, 0.05) is 23.2 Å². The number of nitrogens with one attached hydrogen (secondary N) is 3. The topological polar surface area (TPSA) is 79.5 Å². The van der Waals surface area contributed by atoms with Crippen molar-refractivity contribution in [2.45, 2.75) is 13.8 Å². The summed E-state index contributed by atoms with van der Waals surface area (Å²) in [5.41, 5.74) is 1.70. The van der Waals surface area contributed by atoms with Crippen molar-refractivity contribution >= 4 is 51.3 Å². The predicted molar refractivity (Wildman–Crippen MR) is 124 cm³/mol. The lowest BCUT2D eigenvalue weighted by molar-refractivity contribution is -0.118. The number of methoxy groups -OCH3 is 1. The van der Waals surface area contributed by atoms with E-state index in [-0.39, 0.29) is 22.8 Å². The van der Waals surface area contributed by atoms with Gasteiger partial charge in [-0.3, -0.25) is 14.9 Å². The monoisotopic (exact) mass is 421 g/mol. The fourth-order valence-corrected chi connectivity index (χ4v) is 3.03. The number of thiocarbonyl (C=S) groups is 1. The average Bonchev–Trinajstić information content (AvgIpc) is 2.74. The van der Waals surface area contributed by atoms with Crippen LogP contribution in [0.4, 0.5) is 11.4 Å². The third-order valence-electron chi connectivity index (χ3n) is 4.48. The molecular weight excluding hydrogens is 398 g/mol. The fraction of sp³-hybridized carbons (Fsp3) is 0.174. The van der Waals surface area contributed by atoms with E-state index in [1.165, 1.54) is 7.11 Å². The summed E-state index contributed by atoms with van der Waals surface area (Å²) >= 11 is 5.27. The molecule has 0 aliphatic rings. The van der Waals surface area contributed by atoms with E-state index in [4.69, 9.17) is 17.0 Å². The maximum atomic E-state index is 12.5. The Morgan fingerprint density at radius 3 is 2.37 bits per heavy atom. The van der Waals surface area contributed by atoms with E-state index < -0.39 is 0 Å². The van der Waals surface area contributed by atoms with Crippen LogP contribution in [0.2, 0.25) is 0 Å². The fourth-order valence-electron chi connectivity index (χ4n) is 2.82. The van der Waals surface area contributed by atoms with Gasteiger partial charge in [-0.1, -0.05) is 44.2 Å². The summed E-state index contributed by atoms with van der Waals surface area (Å²) in [6.45, 7) is 3.63. The Morgan fingerprint density at radius 1 is 0.933 bits per heavy atom. The van der Waals surface area contributed by atoms with E-state index in [1.54, 1.807) is 24.3 Å². The second-order valence-electron chi connectivity index (χ2n) is 7.03. The first-order valence-corrected chi connectivity index (χ1v) is 9.88. The SMILES string of the molecule is COc1cc(NC(=S)NC(=O)c2ccc3ccccc3c2)ccc1NC(=O)C(C)C. The number of hydrogen-bond acceptors (Lipinski definition) is 4. The number of amides is 2. The summed E-state index contributed by atoms with van der Waals surface area (Å²) in [7, 11) is 1.52. The van der Waals surface area contributed by atoms with Gasteiger partial charge in [-0.25, -0.2) is 0 Å². The molecule has 6 nitrogen and oxygen atoms in total. The number of carbonyl (C=O) groups is 2. The first kappa shape index (κ1) is 21.3. The summed E-state index contributed by atoms with van der Waals surface area (Å²) in [5.74, 6) is -0.0683. The molecule has 154 valence electrons. The molecule has 0 spiro atoms. The molecule has 0 radical (unpaired) electrons. The Kier molecular flexibility index (Phi) is 6.64. The van der Waals surface area contributed by atoms with Crippen LogP contribution in [0.3, 0.4) is 0 Å². The van der Waals surface area contributed by atoms with Gasteiger partial charge in [-0.15, -0.1) is 0 Å². The molecule has 0 bridgehead atoms. The van der Waals surface area contributed by atoms with E-state index >= 15 is 0 Å². The van der Waals surface area contributed by atoms with Gasteiger partial charge in [0.2, 0.25) is 5.91 Å². The zero-order valence-electron chi connectivity index (χ0n) is 17.0. The molecule has 0 fully saturated rings. The smallest absolute Gasteiger partial charge is 0.257 e. The number of benzene rings is 3. The highest BCUT2D eigenvalue weighted by Crippen LogP contribution is 2.28. The molecule has 2 amide bonds. The molecular formula is C23H23N3O3S. The van der Waals surface area contributed by atoms with Crippen LogP contribution in [0.5, 0.6) is 5.75 Å². The van der Waals surface area contributed by atoms with Gasteiger partial charge in [0.1, 0.15) is 5.75 Å². The number of hydrogen-bond donors (Lipinski definition) is 3. The normalized spacial score (nSPS) is 10.5. The molecule has 3 aromatic rings. The summed E-state index contributed by atoms with van der Waals surface area (Å²) in [5, 5.41) is 10.7. The van der Waals surface area contributed by atoms with Gasteiger partial charge in [-0.05, 0) is 47.3 Å². The van der Waals surface area contributed by atoms with Crippen molar-refractivity contribution in [1.29, 1.82) is 0 Å². The van der Waals surface area contributed by atoms with Crippen LogP contribution in [0.15, 0.2) is 60.7 Å². The van der Waals surface area contributed by atoms with Gasteiger partial charge in [0.15, 0.2) is 5.11 Å². The maximum absolute atomic E-state index is 12.5. The van der Waals surface area contributed by atoms with Gasteiger partial charge in [-0.2, -0.15) is 0 Å². The van der Waals surface area contributed by atoms with Crippen LogP contribution < -0.4 is 20.7 Å². The molecule has 3 aromatic carbocycles. The highest BCUT2D eigenvalue weighted by atomic mass is 32.1. The van der Waals surface area contributed by atoms with Crippen LogP contribution in [-0.4, -0.2) is 24.0 Å². The molecule has 7 heteroatoms. The lowest BCUT2D eigenvalue weighted by Crippen LogP contribution is -2.34. The van der Waals surface area contributed by atoms with Crippen LogP contribution in [0, 0.1) is 5.92 Å². The second-order valence-corrected chi connectivity index (χ2v) is 7.44. The van der Waals surface area contributed by atoms with Crippen molar-refractivity contribution in [2.24, 2.45) is 5.92 Å². The molecule has 0 atom stereocenters. The Bertz CT molecular complexity index is 1110. The van der Waals surface area contributed by atoms with Gasteiger partial charge >= 0.3 is 0 Å². The van der Waals surface area contributed by atoms with Crippen molar-refractivity contribution in [3.8, 4) is 5.75 Å². The van der Waals surface area contributed by atoms with Crippen molar-refractivity contribution in [2.75, 3.05) is 17.7 Å². The molecule has 0 saturated heterocycles. The summed E-state index contributed by atoms with van der Waals surface area (Å²) in [6.07, 6.45) is 0. The molecule has 0 saturated carbocycles. The Balaban J connectivity index is 1.67. The zero-order valence-corrected chi connectivity index (χ0v) is 17.8. The molecule has 3 N–H and O–H groups in total. The second kappa shape index (κ2) is 9.37. The van der Waals surface area contributed by atoms with E-state index in [0.29, 0.717) is 22.7 Å². The largest absolute Gasteiger partial charge is 0.494 e. The Hall–Kier alpha value is -3.45. The first-order chi connectivity index (χ1) is 14.4. The predicted octanol–water partition coefficient (Wildman–Crippen LogP) is 4.57. The number of carbonyl (C=O) groups excluding carboxylic acids is 2. The first-order valence-electron chi connectivity index (χ1n) is 9.47. The van der Waals surface area contributed by atoms with Gasteiger partial charge < -0.3 is 15.4 Å². The van der Waals surface area contributed by atoms with Crippen molar-refractivity contribution < 1.29 is 14.3 Å². The van der Waals surface area contributed by atoms with Crippen molar-refractivity contribution in [3.05, 3.63) is 66.2 Å². The molecule has 0 heterocycles. The molecule has 3 rings (SSSR count). The standard InChI is InChI=1S/C23H23N3O3S/c1-14(2)21(27)25-19-11-10-18(13-20(19)29-3)24-23(30)26-22(28)17-9-8-15-6-4-5-7-16(15)12-17/h4-14H,1-3H3,(H,25,27)(H2,24,26,28,30). The Morgan fingerprint density at radius 2 is 1.67 bits per heavy atom. The quantitative estimate of drug-likeness (QED) is 0.526. The van der Waals surface area contributed by atoms with Crippen molar-refractivity contribution in [3.63, 3.8) is 0 Å². The summed E-state index contributed by atoms with van der Waals surface area (Å²) in [6, 6.07) is 18.5. The van der Waals surface area contributed by atoms with Crippen LogP contribution in [-0.2, 0) is 4.79 Å². The van der Waals surface area contributed by atoms with Crippen LogP contribution >= 0.6 is 12.2 Å². The number of fused-ring (bicyclic) bond motifs is 1. The third kappa shape index (κ3) is 5.12. The average molecular weight is 422 g/mol. The van der Waals surface area contributed by atoms with Gasteiger partial charge in [0.05, 0.1) is 12.8 Å². The maximum Gasteiger partial charge on any atom is 0.257 e. The third-order valence-corrected chi connectivity index (χ3v) is 4.68. The zero-order chi connectivity index (χ0) is 21.7. The molecule has 30 heavy (non-hydrogen) atoms.